The molecule has 0 aromatic carbocycles. The van der Waals surface area contributed by atoms with E-state index in [0.717, 1.165) is 43.5 Å². The first-order chi connectivity index (χ1) is 9.19. The molecule has 0 atom stereocenters. The quantitative estimate of drug-likeness (QED) is 0.848. The molecule has 3 nitrogen and oxygen atoms in total. The number of aryl methyl sites for hydroxylation is 2. The zero-order valence-electron chi connectivity index (χ0n) is 11.8. The number of hydrogen-bond acceptors (Lipinski definition) is 3. The fraction of sp³-hybridized carbons (Fsp3) is 0.667. The summed E-state index contributed by atoms with van der Waals surface area (Å²) in [6.45, 7) is 8.17. The fourth-order valence-electron chi connectivity index (χ4n) is 2.86. The minimum absolute atomic E-state index is 0.239. The van der Waals surface area contributed by atoms with E-state index in [1.165, 1.54) is 23.3 Å². The van der Waals surface area contributed by atoms with Gasteiger partial charge in [0.1, 0.15) is 0 Å². The van der Waals surface area contributed by atoms with E-state index in [2.05, 4.69) is 24.8 Å². The first kappa shape index (κ1) is 13.1. The largest absolute Gasteiger partial charge is 0.335 e. The lowest BCUT2D eigenvalue weighted by molar-refractivity contribution is 0.0632. The number of hydrogen-bond donors (Lipinski definition) is 0. The molecular weight excluding hydrogens is 256 g/mol. The topological polar surface area (TPSA) is 23.6 Å². The second kappa shape index (κ2) is 5.25. The average Bonchev–Trinajstić information content (AvgIpc) is 3.21. The summed E-state index contributed by atoms with van der Waals surface area (Å²) in [7, 11) is 0. The first-order valence-corrected chi connectivity index (χ1v) is 8.13. The van der Waals surface area contributed by atoms with E-state index in [0.29, 0.717) is 0 Å². The van der Waals surface area contributed by atoms with Gasteiger partial charge in [-0.15, -0.1) is 11.3 Å². The monoisotopic (exact) mass is 278 g/mol. The molecule has 1 aromatic heterocycles. The molecule has 2 heterocycles. The standard InChI is InChI=1S/C15H22N2OS/c1-3-12-10-14(19-11(12)2)15(18)17-8-6-16(7-9-17)13-4-5-13/h10,13H,3-9H2,1-2H3. The Balaban J connectivity index is 1.63. The van der Waals surface area contributed by atoms with Crippen LogP contribution in [0.4, 0.5) is 0 Å². The molecule has 4 heteroatoms. The summed E-state index contributed by atoms with van der Waals surface area (Å²) in [4.78, 5) is 19.3. The van der Waals surface area contributed by atoms with E-state index in [1.54, 1.807) is 11.3 Å². The van der Waals surface area contributed by atoms with Crippen molar-refractivity contribution in [3.8, 4) is 0 Å². The van der Waals surface area contributed by atoms with Crippen molar-refractivity contribution in [1.29, 1.82) is 0 Å². The van der Waals surface area contributed by atoms with E-state index in [4.69, 9.17) is 0 Å². The molecule has 0 N–H and O–H groups in total. The zero-order valence-corrected chi connectivity index (χ0v) is 12.6. The van der Waals surface area contributed by atoms with Crippen molar-refractivity contribution >= 4 is 17.2 Å². The minimum atomic E-state index is 0.239. The van der Waals surface area contributed by atoms with Crippen molar-refractivity contribution in [1.82, 2.24) is 9.80 Å². The van der Waals surface area contributed by atoms with Crippen LogP contribution < -0.4 is 0 Å². The third-order valence-electron chi connectivity index (χ3n) is 4.28. The highest BCUT2D eigenvalue weighted by molar-refractivity contribution is 7.14. The van der Waals surface area contributed by atoms with Crippen LogP contribution in [0.25, 0.3) is 0 Å². The smallest absolute Gasteiger partial charge is 0.264 e. The summed E-state index contributed by atoms with van der Waals surface area (Å²) in [6, 6.07) is 2.92. The van der Waals surface area contributed by atoms with Crippen LogP contribution in [-0.4, -0.2) is 47.9 Å². The number of piperazine rings is 1. The third kappa shape index (κ3) is 2.70. The molecule has 0 radical (unpaired) electrons. The van der Waals surface area contributed by atoms with Crippen molar-refractivity contribution in [2.24, 2.45) is 0 Å². The summed E-state index contributed by atoms with van der Waals surface area (Å²) < 4.78 is 0. The number of carbonyl (C=O) groups is 1. The van der Waals surface area contributed by atoms with Gasteiger partial charge < -0.3 is 4.90 Å². The van der Waals surface area contributed by atoms with Gasteiger partial charge in [-0.3, -0.25) is 9.69 Å². The molecule has 2 fully saturated rings. The highest BCUT2D eigenvalue weighted by Gasteiger charge is 2.32. The molecule has 3 rings (SSSR count). The molecule has 0 unspecified atom stereocenters. The second-order valence-electron chi connectivity index (χ2n) is 5.60. The minimum Gasteiger partial charge on any atom is -0.335 e. The van der Waals surface area contributed by atoms with Crippen molar-refractivity contribution in [2.45, 2.75) is 39.2 Å². The van der Waals surface area contributed by atoms with Crippen LogP contribution in [-0.2, 0) is 6.42 Å². The maximum absolute atomic E-state index is 12.5. The van der Waals surface area contributed by atoms with Gasteiger partial charge in [0.05, 0.1) is 4.88 Å². The zero-order chi connectivity index (χ0) is 13.4. The summed E-state index contributed by atoms with van der Waals surface area (Å²) >= 11 is 1.66. The van der Waals surface area contributed by atoms with Gasteiger partial charge in [0.2, 0.25) is 0 Å². The predicted octanol–water partition coefficient (Wildman–Crippen LogP) is 2.54. The van der Waals surface area contributed by atoms with Crippen molar-refractivity contribution in [3.05, 3.63) is 21.4 Å². The van der Waals surface area contributed by atoms with Crippen molar-refractivity contribution in [3.63, 3.8) is 0 Å². The Morgan fingerprint density at radius 3 is 2.53 bits per heavy atom. The van der Waals surface area contributed by atoms with Gasteiger partial charge in [-0.1, -0.05) is 6.92 Å². The van der Waals surface area contributed by atoms with Crippen LogP contribution in [0.1, 0.15) is 39.9 Å². The Morgan fingerprint density at radius 2 is 2.00 bits per heavy atom. The van der Waals surface area contributed by atoms with Crippen LogP contribution in [0.15, 0.2) is 6.07 Å². The summed E-state index contributed by atoms with van der Waals surface area (Å²) in [5.74, 6) is 0.239. The molecule has 1 saturated heterocycles. The van der Waals surface area contributed by atoms with Gasteiger partial charge in [0, 0.05) is 37.1 Å². The molecule has 1 aromatic rings. The molecule has 1 amide bonds. The SMILES string of the molecule is CCc1cc(C(=O)N2CCN(C3CC3)CC2)sc1C. The van der Waals surface area contributed by atoms with Crippen LogP contribution in [0.2, 0.25) is 0 Å². The van der Waals surface area contributed by atoms with E-state index < -0.39 is 0 Å². The van der Waals surface area contributed by atoms with Gasteiger partial charge in [-0.25, -0.2) is 0 Å². The number of nitrogens with zero attached hydrogens (tertiary/aromatic N) is 2. The van der Waals surface area contributed by atoms with Gasteiger partial charge >= 0.3 is 0 Å². The summed E-state index contributed by atoms with van der Waals surface area (Å²) in [5, 5.41) is 0. The fourth-order valence-corrected chi connectivity index (χ4v) is 3.94. The number of carbonyl (C=O) groups excluding carboxylic acids is 1. The van der Waals surface area contributed by atoms with Gasteiger partial charge in [0.25, 0.3) is 5.91 Å². The normalized spacial score (nSPS) is 20.8. The lowest BCUT2D eigenvalue weighted by Crippen LogP contribution is -2.49. The Kier molecular flexibility index (Phi) is 3.63. The molecule has 0 spiro atoms. The van der Waals surface area contributed by atoms with Crippen molar-refractivity contribution < 1.29 is 4.79 Å². The van der Waals surface area contributed by atoms with E-state index >= 15 is 0 Å². The number of amides is 1. The lowest BCUT2D eigenvalue weighted by atomic mass is 10.2. The summed E-state index contributed by atoms with van der Waals surface area (Å²) in [5.41, 5.74) is 1.32. The Hall–Kier alpha value is -0.870. The molecule has 1 aliphatic heterocycles. The molecule has 2 aliphatic rings. The lowest BCUT2D eigenvalue weighted by Gasteiger charge is -2.34. The second-order valence-corrected chi connectivity index (χ2v) is 6.86. The number of rotatable bonds is 3. The van der Waals surface area contributed by atoms with Gasteiger partial charge in [-0.2, -0.15) is 0 Å². The van der Waals surface area contributed by atoms with Crippen molar-refractivity contribution in [2.75, 3.05) is 26.2 Å². The third-order valence-corrected chi connectivity index (χ3v) is 5.36. The highest BCUT2D eigenvalue weighted by Crippen LogP contribution is 2.28. The van der Waals surface area contributed by atoms with Gasteiger partial charge in [-0.05, 0) is 37.8 Å². The van der Waals surface area contributed by atoms with Crippen LogP contribution in [0, 0.1) is 6.92 Å². The molecule has 104 valence electrons. The summed E-state index contributed by atoms with van der Waals surface area (Å²) in [6.07, 6.45) is 3.74. The van der Waals surface area contributed by atoms with Gasteiger partial charge in [0.15, 0.2) is 0 Å². The Morgan fingerprint density at radius 1 is 1.32 bits per heavy atom. The van der Waals surface area contributed by atoms with Crippen LogP contribution in [0.5, 0.6) is 0 Å². The maximum atomic E-state index is 12.5. The van der Waals surface area contributed by atoms with E-state index in [1.807, 2.05) is 4.90 Å². The molecular formula is C15H22N2OS. The molecule has 19 heavy (non-hydrogen) atoms. The molecule has 0 bridgehead atoms. The predicted molar refractivity (Wildman–Crippen MR) is 78.9 cm³/mol. The Labute approximate surface area is 119 Å². The molecule has 1 saturated carbocycles. The first-order valence-electron chi connectivity index (χ1n) is 7.31. The van der Waals surface area contributed by atoms with Crippen LogP contribution in [0.3, 0.4) is 0 Å². The molecule has 1 aliphatic carbocycles. The maximum Gasteiger partial charge on any atom is 0.264 e. The highest BCUT2D eigenvalue weighted by atomic mass is 32.1. The van der Waals surface area contributed by atoms with Crippen LogP contribution >= 0.6 is 11.3 Å². The average molecular weight is 278 g/mol. The van der Waals surface area contributed by atoms with E-state index in [9.17, 15) is 4.79 Å². The van der Waals surface area contributed by atoms with E-state index in [-0.39, 0.29) is 5.91 Å². The number of thiophene rings is 1. The Bertz CT molecular complexity index is 470.